The molecule has 5 heterocycles. The SMILES string of the molecule is C[C@@H](Cn1cnnn1)Oc1cc(-c2cnc(Nc3cn([C@H]4CC[C@H](N5[C@@H]6CC[C@H]5COC6)CC4)nc3O)nc2)ccc1C#N. The van der Waals surface area contributed by atoms with Crippen molar-refractivity contribution in [1.82, 2.24) is 44.9 Å². The molecule has 1 saturated carbocycles. The number of aromatic nitrogens is 8. The molecule has 7 rings (SSSR count). The van der Waals surface area contributed by atoms with Gasteiger partial charge >= 0.3 is 0 Å². The second kappa shape index (κ2) is 12.2. The van der Waals surface area contributed by atoms with Crippen molar-refractivity contribution in [3.05, 3.63) is 48.7 Å². The zero-order valence-corrected chi connectivity index (χ0v) is 24.5. The largest absolute Gasteiger partial charge is 0.491 e. The normalized spacial score (nSPS) is 24.1. The lowest BCUT2D eigenvalue weighted by molar-refractivity contribution is -0.0458. The summed E-state index contributed by atoms with van der Waals surface area (Å²) in [6.07, 6.45) is 13.3. The molecule has 0 spiro atoms. The molecule has 3 fully saturated rings. The molecule has 2 saturated heterocycles. The molecule has 0 amide bonds. The highest BCUT2D eigenvalue weighted by atomic mass is 16.5. The molecule has 3 aromatic heterocycles. The van der Waals surface area contributed by atoms with Crippen molar-refractivity contribution in [2.75, 3.05) is 18.5 Å². The lowest BCUT2D eigenvalue weighted by Gasteiger charge is -2.43. The number of nitrogens with one attached hydrogen (secondary N) is 1. The standard InChI is InChI=1S/C30H35N11O3/c1-19(14-39-18-34-37-38-39)44-28-10-20(2-3-21(28)11-31)22-12-32-30(33-13-22)35-27-15-40(36-29(27)42)23-4-6-24(7-5-23)41-25-8-9-26(41)17-43-16-25/h2-3,10,12-13,15,18-19,23-26H,4-9,14,16-17H2,1H3,(H,36,42)(H,32,33,35)/t19-,23-,24-,25-,26+/m0/s1. The molecule has 14 heteroatoms. The Bertz CT molecular complexity index is 1590. The van der Waals surface area contributed by atoms with Gasteiger partial charge in [-0.05, 0) is 73.6 Å². The van der Waals surface area contributed by atoms with Crippen molar-refractivity contribution in [3.63, 3.8) is 0 Å². The predicted molar refractivity (Wildman–Crippen MR) is 158 cm³/mol. The number of aromatic hydroxyl groups is 1. The lowest BCUT2D eigenvalue weighted by Crippen LogP contribution is -2.52. The minimum atomic E-state index is -0.271. The van der Waals surface area contributed by atoms with E-state index < -0.39 is 0 Å². The van der Waals surface area contributed by atoms with Gasteiger partial charge in [-0.2, -0.15) is 5.26 Å². The number of nitrogens with zero attached hydrogens (tertiary/aromatic N) is 10. The van der Waals surface area contributed by atoms with Crippen LogP contribution in [0.15, 0.2) is 43.1 Å². The van der Waals surface area contributed by atoms with Crippen LogP contribution in [0, 0.1) is 11.3 Å². The van der Waals surface area contributed by atoms with Crippen LogP contribution in [-0.4, -0.2) is 87.4 Å². The first kappa shape index (κ1) is 28.2. The van der Waals surface area contributed by atoms with Crippen molar-refractivity contribution in [3.8, 4) is 28.8 Å². The summed E-state index contributed by atoms with van der Waals surface area (Å²) in [5.41, 5.74) is 2.45. The molecule has 2 N–H and O–H groups in total. The van der Waals surface area contributed by atoms with E-state index in [9.17, 15) is 10.4 Å². The van der Waals surface area contributed by atoms with E-state index in [4.69, 9.17) is 9.47 Å². The topological polar surface area (TPSA) is 165 Å². The smallest absolute Gasteiger partial charge is 0.254 e. The molecule has 44 heavy (non-hydrogen) atoms. The molecule has 1 aliphatic carbocycles. The molecule has 2 aliphatic heterocycles. The Morgan fingerprint density at radius 2 is 1.77 bits per heavy atom. The molecular formula is C30H35N11O3. The molecule has 1 aromatic carbocycles. The van der Waals surface area contributed by atoms with Gasteiger partial charge in [-0.1, -0.05) is 6.07 Å². The van der Waals surface area contributed by atoms with Crippen LogP contribution in [0.3, 0.4) is 0 Å². The maximum atomic E-state index is 10.6. The summed E-state index contributed by atoms with van der Waals surface area (Å²) >= 11 is 0. The van der Waals surface area contributed by atoms with E-state index in [2.05, 4.69) is 46.9 Å². The monoisotopic (exact) mass is 597 g/mol. The van der Waals surface area contributed by atoms with Crippen LogP contribution >= 0.6 is 0 Å². The highest BCUT2D eigenvalue weighted by molar-refractivity contribution is 5.67. The Labute approximate surface area is 254 Å². The van der Waals surface area contributed by atoms with Crippen molar-refractivity contribution in [1.29, 1.82) is 5.26 Å². The zero-order chi connectivity index (χ0) is 30.0. The van der Waals surface area contributed by atoms with Crippen molar-refractivity contribution in [2.24, 2.45) is 0 Å². The number of rotatable bonds is 9. The van der Waals surface area contributed by atoms with Gasteiger partial charge in [0.15, 0.2) is 0 Å². The third-order valence-corrected chi connectivity index (χ3v) is 8.97. The van der Waals surface area contributed by atoms with E-state index in [0.29, 0.717) is 47.6 Å². The summed E-state index contributed by atoms with van der Waals surface area (Å²) in [5, 5.41) is 38.8. The average Bonchev–Trinajstić information content (AvgIpc) is 3.75. The first-order chi connectivity index (χ1) is 21.5. The quantitative estimate of drug-likeness (QED) is 0.289. The third-order valence-electron chi connectivity index (χ3n) is 8.97. The predicted octanol–water partition coefficient (Wildman–Crippen LogP) is 3.46. The van der Waals surface area contributed by atoms with E-state index in [1.165, 1.54) is 19.2 Å². The maximum absolute atomic E-state index is 10.6. The second-order valence-electron chi connectivity index (χ2n) is 11.9. The first-order valence-corrected chi connectivity index (χ1v) is 15.2. The van der Waals surface area contributed by atoms with Gasteiger partial charge in [0, 0.05) is 36.1 Å². The maximum Gasteiger partial charge on any atom is 0.254 e. The van der Waals surface area contributed by atoms with Crippen LogP contribution in [0.1, 0.15) is 57.1 Å². The highest BCUT2D eigenvalue weighted by Gasteiger charge is 2.42. The minimum absolute atomic E-state index is 0.0734. The van der Waals surface area contributed by atoms with Crippen molar-refractivity contribution in [2.45, 2.75) is 82.3 Å². The van der Waals surface area contributed by atoms with Crippen molar-refractivity contribution < 1.29 is 14.6 Å². The van der Waals surface area contributed by atoms with Gasteiger partial charge in [0.25, 0.3) is 5.88 Å². The van der Waals surface area contributed by atoms with E-state index in [1.807, 2.05) is 23.9 Å². The fraction of sp³-hybridized carbons (Fsp3) is 0.500. The summed E-state index contributed by atoms with van der Waals surface area (Å²) < 4.78 is 15.3. The molecule has 3 atom stereocenters. The summed E-state index contributed by atoms with van der Waals surface area (Å²) in [7, 11) is 0. The van der Waals surface area contributed by atoms with Crippen LogP contribution in [-0.2, 0) is 11.3 Å². The second-order valence-corrected chi connectivity index (χ2v) is 11.9. The Morgan fingerprint density at radius 1 is 1.05 bits per heavy atom. The summed E-state index contributed by atoms with van der Waals surface area (Å²) in [6.45, 7) is 4.06. The van der Waals surface area contributed by atoms with E-state index in [0.717, 1.165) is 50.0 Å². The summed E-state index contributed by atoms with van der Waals surface area (Å²) in [5.74, 6) is 0.724. The van der Waals surface area contributed by atoms with Crippen molar-refractivity contribution >= 4 is 11.6 Å². The zero-order valence-electron chi connectivity index (χ0n) is 24.5. The number of morpholine rings is 1. The van der Waals surface area contributed by atoms with Crippen LogP contribution < -0.4 is 10.1 Å². The van der Waals surface area contributed by atoms with Gasteiger partial charge in [-0.15, -0.1) is 10.2 Å². The molecule has 2 bridgehead atoms. The number of nitriles is 1. The fourth-order valence-corrected chi connectivity index (χ4v) is 6.87. The molecule has 0 unspecified atom stereocenters. The van der Waals surface area contributed by atoms with Gasteiger partial charge in [0.1, 0.15) is 29.9 Å². The van der Waals surface area contributed by atoms with Crippen LogP contribution in [0.5, 0.6) is 11.6 Å². The Hall–Kier alpha value is -4.61. The van der Waals surface area contributed by atoms with Gasteiger partial charge in [-0.3, -0.25) is 9.58 Å². The van der Waals surface area contributed by atoms with Gasteiger partial charge in [-0.25, -0.2) is 14.6 Å². The summed E-state index contributed by atoms with van der Waals surface area (Å²) in [4.78, 5) is 11.7. The average molecular weight is 598 g/mol. The fourth-order valence-electron chi connectivity index (χ4n) is 6.87. The molecule has 4 aromatic rings. The highest BCUT2D eigenvalue weighted by Crippen LogP contribution is 2.39. The molecule has 0 radical (unpaired) electrons. The number of tetrazole rings is 1. The lowest BCUT2D eigenvalue weighted by atomic mass is 9.89. The number of ether oxygens (including phenoxy) is 2. The number of fused-ring (bicyclic) bond motifs is 2. The van der Waals surface area contributed by atoms with Crippen LogP contribution in [0.2, 0.25) is 0 Å². The molecule has 14 nitrogen and oxygen atoms in total. The third kappa shape index (κ3) is 5.80. The van der Waals surface area contributed by atoms with Crippen LogP contribution in [0.25, 0.3) is 11.1 Å². The molecule has 3 aliphatic rings. The molecular weight excluding hydrogens is 562 g/mol. The van der Waals surface area contributed by atoms with Gasteiger partial charge in [0.05, 0.1) is 37.6 Å². The molecule has 228 valence electrons. The number of benzene rings is 1. The Morgan fingerprint density at radius 3 is 2.48 bits per heavy atom. The van der Waals surface area contributed by atoms with E-state index >= 15 is 0 Å². The van der Waals surface area contributed by atoms with E-state index in [-0.39, 0.29) is 18.0 Å². The van der Waals surface area contributed by atoms with Crippen LogP contribution in [0.4, 0.5) is 11.6 Å². The Kier molecular flexibility index (Phi) is 7.80. The first-order valence-electron chi connectivity index (χ1n) is 15.2. The summed E-state index contributed by atoms with van der Waals surface area (Å²) in [6, 6.07) is 9.54. The van der Waals surface area contributed by atoms with Gasteiger partial charge < -0.3 is 19.9 Å². The number of hydrogen-bond acceptors (Lipinski definition) is 12. The Balaban J connectivity index is 0.981. The number of anilines is 2. The van der Waals surface area contributed by atoms with Gasteiger partial charge in [0.2, 0.25) is 5.95 Å². The number of hydrogen-bond donors (Lipinski definition) is 2. The minimum Gasteiger partial charge on any atom is -0.491 e. The van der Waals surface area contributed by atoms with E-state index in [1.54, 1.807) is 29.2 Å².